The summed E-state index contributed by atoms with van der Waals surface area (Å²) >= 11 is 0. The SMILES string of the molecule is COCCN1CCCC[C@@H](C2CCN(C(=O)Cc3c[nH]c4ccccc34)CC2)C1=O. The van der Waals surface area contributed by atoms with Crippen LogP contribution in [0.4, 0.5) is 0 Å². The fourth-order valence-electron chi connectivity index (χ4n) is 5.10. The zero-order chi connectivity index (χ0) is 20.9. The topological polar surface area (TPSA) is 65.6 Å². The van der Waals surface area contributed by atoms with Crippen molar-refractivity contribution in [2.45, 2.75) is 38.5 Å². The third-order valence-electron chi connectivity index (χ3n) is 6.87. The van der Waals surface area contributed by atoms with E-state index in [0.29, 0.717) is 31.4 Å². The number of methoxy groups -OCH3 is 1. The molecule has 4 rings (SSSR count). The fraction of sp³-hybridized carbons (Fsp3) is 0.583. The van der Waals surface area contributed by atoms with E-state index < -0.39 is 0 Å². The molecule has 1 aromatic heterocycles. The van der Waals surface area contributed by atoms with Gasteiger partial charge >= 0.3 is 0 Å². The number of rotatable bonds is 6. The van der Waals surface area contributed by atoms with Gasteiger partial charge in [0.1, 0.15) is 0 Å². The molecule has 6 heteroatoms. The number of carbonyl (C=O) groups excluding carboxylic acids is 2. The quantitative estimate of drug-likeness (QED) is 0.794. The Hall–Kier alpha value is -2.34. The second-order valence-electron chi connectivity index (χ2n) is 8.67. The number of hydrogen-bond acceptors (Lipinski definition) is 3. The number of nitrogens with zero attached hydrogens (tertiary/aromatic N) is 2. The molecule has 162 valence electrons. The van der Waals surface area contributed by atoms with Gasteiger partial charge in [0, 0.05) is 56.3 Å². The second kappa shape index (κ2) is 9.65. The van der Waals surface area contributed by atoms with E-state index >= 15 is 0 Å². The molecule has 30 heavy (non-hydrogen) atoms. The molecule has 2 aliphatic rings. The zero-order valence-electron chi connectivity index (χ0n) is 17.9. The lowest BCUT2D eigenvalue weighted by atomic mass is 9.81. The molecule has 2 aromatic rings. The van der Waals surface area contributed by atoms with Crippen LogP contribution in [0.3, 0.4) is 0 Å². The van der Waals surface area contributed by atoms with Crippen molar-refractivity contribution in [1.82, 2.24) is 14.8 Å². The molecular weight excluding hydrogens is 378 g/mol. The van der Waals surface area contributed by atoms with E-state index in [1.807, 2.05) is 34.2 Å². The molecule has 2 fully saturated rings. The van der Waals surface area contributed by atoms with E-state index in [9.17, 15) is 9.59 Å². The van der Waals surface area contributed by atoms with Crippen LogP contribution in [-0.2, 0) is 20.7 Å². The van der Waals surface area contributed by atoms with Crippen LogP contribution in [0.25, 0.3) is 10.9 Å². The first-order valence-corrected chi connectivity index (χ1v) is 11.3. The van der Waals surface area contributed by atoms with Gasteiger partial charge in [0.15, 0.2) is 0 Å². The molecule has 0 bridgehead atoms. The minimum Gasteiger partial charge on any atom is -0.383 e. The number of carbonyl (C=O) groups is 2. The van der Waals surface area contributed by atoms with Gasteiger partial charge in [0.25, 0.3) is 0 Å². The Bertz CT molecular complexity index is 869. The van der Waals surface area contributed by atoms with E-state index in [1.165, 1.54) is 0 Å². The lowest BCUT2D eigenvalue weighted by Gasteiger charge is -2.36. The summed E-state index contributed by atoms with van der Waals surface area (Å²) in [6.45, 7) is 3.65. The lowest BCUT2D eigenvalue weighted by Crippen LogP contribution is -2.45. The zero-order valence-corrected chi connectivity index (χ0v) is 17.9. The van der Waals surface area contributed by atoms with Gasteiger partial charge in [-0.1, -0.05) is 24.6 Å². The van der Waals surface area contributed by atoms with Gasteiger partial charge in [-0.3, -0.25) is 9.59 Å². The number of para-hydroxylation sites is 1. The smallest absolute Gasteiger partial charge is 0.227 e. The van der Waals surface area contributed by atoms with Gasteiger partial charge in [0.05, 0.1) is 13.0 Å². The Balaban J connectivity index is 1.33. The minimum atomic E-state index is 0.107. The Kier molecular flexibility index (Phi) is 6.72. The molecule has 0 aliphatic carbocycles. The van der Waals surface area contributed by atoms with Crippen molar-refractivity contribution in [1.29, 1.82) is 0 Å². The van der Waals surface area contributed by atoms with Gasteiger partial charge in [-0.05, 0) is 43.2 Å². The summed E-state index contributed by atoms with van der Waals surface area (Å²) in [5, 5.41) is 1.13. The van der Waals surface area contributed by atoms with Crippen LogP contribution in [0.1, 0.15) is 37.7 Å². The first-order chi connectivity index (χ1) is 14.7. The van der Waals surface area contributed by atoms with Crippen molar-refractivity contribution >= 4 is 22.7 Å². The van der Waals surface area contributed by atoms with Crippen LogP contribution in [0.2, 0.25) is 0 Å². The number of fused-ring (bicyclic) bond motifs is 1. The number of benzene rings is 1. The predicted molar refractivity (Wildman–Crippen MR) is 117 cm³/mol. The molecule has 3 heterocycles. The number of piperidine rings is 1. The molecular formula is C24H33N3O3. The number of aromatic amines is 1. The third kappa shape index (κ3) is 4.53. The maximum Gasteiger partial charge on any atom is 0.227 e. The fourth-order valence-corrected chi connectivity index (χ4v) is 5.10. The van der Waals surface area contributed by atoms with Crippen molar-refractivity contribution in [3.63, 3.8) is 0 Å². The third-order valence-corrected chi connectivity index (χ3v) is 6.87. The highest BCUT2D eigenvalue weighted by molar-refractivity contribution is 5.89. The molecule has 6 nitrogen and oxygen atoms in total. The Morgan fingerprint density at radius 1 is 1.13 bits per heavy atom. The van der Waals surface area contributed by atoms with Crippen LogP contribution >= 0.6 is 0 Å². The molecule has 0 spiro atoms. The normalized spacial score (nSPS) is 21.2. The molecule has 1 atom stereocenters. The van der Waals surface area contributed by atoms with Crippen molar-refractivity contribution in [2.24, 2.45) is 11.8 Å². The maximum absolute atomic E-state index is 13.1. The average Bonchev–Trinajstić information content (AvgIpc) is 3.08. The molecule has 2 saturated heterocycles. The van der Waals surface area contributed by atoms with Crippen LogP contribution < -0.4 is 0 Å². The number of ether oxygens (including phenoxy) is 1. The molecule has 2 aliphatic heterocycles. The van der Waals surface area contributed by atoms with Gasteiger partial charge < -0.3 is 19.5 Å². The van der Waals surface area contributed by atoms with E-state index in [2.05, 4.69) is 11.1 Å². The number of aromatic nitrogens is 1. The maximum atomic E-state index is 13.1. The summed E-state index contributed by atoms with van der Waals surface area (Å²) in [7, 11) is 1.68. The molecule has 0 saturated carbocycles. The number of nitrogens with one attached hydrogen (secondary N) is 1. The van der Waals surface area contributed by atoms with E-state index in [0.717, 1.165) is 68.2 Å². The summed E-state index contributed by atoms with van der Waals surface area (Å²) in [6.07, 6.45) is 7.40. The van der Waals surface area contributed by atoms with E-state index in [-0.39, 0.29) is 11.8 Å². The summed E-state index contributed by atoms with van der Waals surface area (Å²) < 4.78 is 5.18. The van der Waals surface area contributed by atoms with Crippen LogP contribution in [-0.4, -0.2) is 66.5 Å². The number of likely N-dealkylation sites (tertiary alicyclic amines) is 2. The number of H-pyrrole nitrogens is 1. The largest absolute Gasteiger partial charge is 0.383 e. The number of amides is 2. The van der Waals surface area contributed by atoms with Gasteiger partial charge in [0.2, 0.25) is 11.8 Å². The Morgan fingerprint density at radius 2 is 1.93 bits per heavy atom. The van der Waals surface area contributed by atoms with Gasteiger partial charge in [-0.25, -0.2) is 0 Å². The second-order valence-corrected chi connectivity index (χ2v) is 8.67. The van der Waals surface area contributed by atoms with Crippen molar-refractivity contribution in [2.75, 3.05) is 39.9 Å². The van der Waals surface area contributed by atoms with Crippen LogP contribution in [0, 0.1) is 11.8 Å². The van der Waals surface area contributed by atoms with E-state index in [4.69, 9.17) is 4.74 Å². The number of hydrogen-bond donors (Lipinski definition) is 1. The molecule has 0 unspecified atom stereocenters. The van der Waals surface area contributed by atoms with Crippen LogP contribution in [0.5, 0.6) is 0 Å². The first kappa shape index (κ1) is 20.9. The monoisotopic (exact) mass is 411 g/mol. The first-order valence-electron chi connectivity index (χ1n) is 11.3. The Labute approximate surface area is 178 Å². The van der Waals surface area contributed by atoms with E-state index in [1.54, 1.807) is 7.11 Å². The standard InChI is InChI=1S/C24H33N3O3/c1-30-15-14-27-11-5-4-7-21(24(27)29)18-9-12-26(13-10-18)23(28)16-19-17-25-22-8-3-2-6-20(19)22/h2-3,6,8,17-18,21,25H,4-5,7,9-16H2,1H3/t21-/m0/s1. The van der Waals surface area contributed by atoms with Gasteiger partial charge in [-0.15, -0.1) is 0 Å². The van der Waals surface area contributed by atoms with Gasteiger partial charge in [-0.2, -0.15) is 0 Å². The highest BCUT2D eigenvalue weighted by Crippen LogP contribution is 2.32. The van der Waals surface area contributed by atoms with Crippen molar-refractivity contribution in [3.05, 3.63) is 36.0 Å². The highest BCUT2D eigenvalue weighted by Gasteiger charge is 2.35. The molecule has 0 radical (unpaired) electrons. The summed E-state index contributed by atoms with van der Waals surface area (Å²) in [5.74, 6) is 0.980. The highest BCUT2D eigenvalue weighted by atomic mass is 16.5. The predicted octanol–water partition coefficient (Wildman–Crippen LogP) is 3.22. The molecule has 2 amide bonds. The minimum absolute atomic E-state index is 0.107. The Morgan fingerprint density at radius 3 is 2.73 bits per heavy atom. The van der Waals surface area contributed by atoms with Crippen molar-refractivity contribution < 1.29 is 14.3 Å². The van der Waals surface area contributed by atoms with Crippen molar-refractivity contribution in [3.8, 4) is 0 Å². The average molecular weight is 412 g/mol. The summed E-state index contributed by atoms with van der Waals surface area (Å²) in [4.78, 5) is 33.2. The molecule has 1 N–H and O–H groups in total. The summed E-state index contributed by atoms with van der Waals surface area (Å²) in [6, 6.07) is 8.11. The molecule has 1 aromatic carbocycles. The lowest BCUT2D eigenvalue weighted by molar-refractivity contribution is -0.138. The summed E-state index contributed by atoms with van der Waals surface area (Å²) in [5.41, 5.74) is 2.13. The van der Waals surface area contributed by atoms with Crippen LogP contribution in [0.15, 0.2) is 30.5 Å².